The van der Waals surface area contributed by atoms with E-state index >= 15 is 0 Å². The monoisotopic (exact) mass is 310 g/mol. The van der Waals surface area contributed by atoms with Gasteiger partial charge in [-0.1, -0.05) is 40.2 Å². The molecule has 2 aromatic rings. The van der Waals surface area contributed by atoms with Gasteiger partial charge in [-0.15, -0.1) is 0 Å². The molecule has 0 aliphatic carbocycles. The third kappa shape index (κ3) is 2.64. The number of rotatable bonds is 4. The molecule has 94 valence electrons. The Hall–Kier alpha value is -1.55. The third-order valence-electron chi connectivity index (χ3n) is 2.47. The highest BCUT2D eigenvalue weighted by atomic mass is 79.9. The Morgan fingerprint density at radius 1 is 1.06 bits per heavy atom. The Balaban J connectivity index is 2.39. The molecule has 18 heavy (non-hydrogen) atoms. The lowest BCUT2D eigenvalue weighted by Gasteiger charge is -2.13. The van der Waals surface area contributed by atoms with E-state index in [1.807, 2.05) is 18.2 Å². The number of ether oxygens (including phenoxy) is 2. The Labute approximate surface area is 113 Å². The van der Waals surface area contributed by atoms with Gasteiger partial charge in [-0.05, 0) is 18.2 Å². The molecule has 0 N–H and O–H groups in total. The predicted molar refractivity (Wildman–Crippen MR) is 72.1 cm³/mol. The van der Waals surface area contributed by atoms with Crippen molar-refractivity contribution in [3.63, 3.8) is 0 Å². The van der Waals surface area contributed by atoms with Crippen LogP contribution in [0.15, 0.2) is 42.5 Å². The summed E-state index contributed by atoms with van der Waals surface area (Å²) in [5.74, 6) is 0.894. The third-order valence-corrected chi connectivity index (χ3v) is 3.08. The van der Waals surface area contributed by atoms with E-state index in [4.69, 9.17) is 9.47 Å². The average molecular weight is 311 g/mol. The van der Waals surface area contributed by atoms with E-state index in [2.05, 4.69) is 15.9 Å². The van der Waals surface area contributed by atoms with Gasteiger partial charge in [0.15, 0.2) is 23.1 Å². The molecule has 0 aromatic heterocycles. The fraction of sp³-hybridized carbons (Fsp3) is 0.143. The van der Waals surface area contributed by atoms with Gasteiger partial charge in [0.25, 0.3) is 0 Å². The second kappa shape index (κ2) is 5.87. The first-order valence-corrected chi connectivity index (χ1v) is 6.52. The maximum atomic E-state index is 13.8. The van der Waals surface area contributed by atoms with Gasteiger partial charge < -0.3 is 9.47 Å². The summed E-state index contributed by atoms with van der Waals surface area (Å²) in [6.45, 7) is 0. The van der Waals surface area contributed by atoms with E-state index in [9.17, 15) is 4.39 Å². The highest BCUT2D eigenvalue weighted by Crippen LogP contribution is 2.34. The van der Waals surface area contributed by atoms with Crippen molar-refractivity contribution in [3.8, 4) is 17.2 Å². The Bertz CT molecular complexity index is 543. The zero-order valence-corrected chi connectivity index (χ0v) is 11.4. The largest absolute Gasteiger partial charge is 0.493 e. The maximum Gasteiger partial charge on any atom is 0.169 e. The van der Waals surface area contributed by atoms with Crippen molar-refractivity contribution in [2.24, 2.45) is 0 Å². The molecule has 0 aliphatic heterocycles. The van der Waals surface area contributed by atoms with Crippen molar-refractivity contribution in [2.75, 3.05) is 7.11 Å². The van der Waals surface area contributed by atoms with Crippen LogP contribution in [-0.4, -0.2) is 7.11 Å². The van der Waals surface area contributed by atoms with Crippen LogP contribution in [-0.2, 0) is 5.33 Å². The molecule has 0 saturated heterocycles. The standard InChI is InChI=1S/C14H12BrFO2/c1-17-12-7-2-3-8-13(12)18-14-10(9-15)5-4-6-11(14)16/h2-8H,9H2,1H3. The van der Waals surface area contributed by atoms with Gasteiger partial charge in [0.05, 0.1) is 7.11 Å². The van der Waals surface area contributed by atoms with Crippen LogP contribution in [0.2, 0.25) is 0 Å². The molecule has 0 unspecified atom stereocenters. The normalized spacial score (nSPS) is 10.2. The zero-order valence-electron chi connectivity index (χ0n) is 9.82. The minimum absolute atomic E-state index is 0.221. The summed E-state index contributed by atoms with van der Waals surface area (Å²) < 4.78 is 24.6. The molecule has 2 nitrogen and oxygen atoms in total. The molecule has 2 aromatic carbocycles. The summed E-state index contributed by atoms with van der Waals surface area (Å²) >= 11 is 3.31. The fourth-order valence-electron chi connectivity index (χ4n) is 1.59. The van der Waals surface area contributed by atoms with Gasteiger partial charge in [0.2, 0.25) is 0 Å². The summed E-state index contributed by atoms with van der Waals surface area (Å²) in [6.07, 6.45) is 0. The van der Waals surface area contributed by atoms with Gasteiger partial charge in [-0.25, -0.2) is 4.39 Å². The lowest BCUT2D eigenvalue weighted by atomic mass is 10.2. The van der Waals surface area contributed by atoms with E-state index in [0.717, 1.165) is 5.56 Å². The molecule has 0 heterocycles. The number of methoxy groups -OCH3 is 1. The van der Waals surface area contributed by atoms with Crippen LogP contribution in [0.5, 0.6) is 17.2 Å². The lowest BCUT2D eigenvalue weighted by molar-refractivity contribution is 0.370. The van der Waals surface area contributed by atoms with Crippen LogP contribution in [0.25, 0.3) is 0 Å². The van der Waals surface area contributed by atoms with Crippen molar-refractivity contribution >= 4 is 15.9 Å². The number of hydrogen-bond donors (Lipinski definition) is 0. The van der Waals surface area contributed by atoms with Crippen molar-refractivity contribution in [1.29, 1.82) is 0 Å². The molecule has 0 fully saturated rings. The Kier molecular flexibility index (Phi) is 4.20. The second-order valence-corrected chi connectivity index (χ2v) is 4.18. The Morgan fingerprint density at radius 2 is 1.78 bits per heavy atom. The highest BCUT2D eigenvalue weighted by Gasteiger charge is 2.12. The summed E-state index contributed by atoms with van der Waals surface area (Å²) in [6, 6.07) is 12.0. The fourth-order valence-corrected chi connectivity index (χ4v) is 2.03. The van der Waals surface area contributed by atoms with Crippen LogP contribution in [0, 0.1) is 5.82 Å². The second-order valence-electron chi connectivity index (χ2n) is 3.61. The summed E-state index contributed by atoms with van der Waals surface area (Å²) in [4.78, 5) is 0. The van der Waals surface area contributed by atoms with Crippen molar-refractivity contribution in [1.82, 2.24) is 0 Å². The highest BCUT2D eigenvalue weighted by molar-refractivity contribution is 9.08. The summed E-state index contributed by atoms with van der Waals surface area (Å²) in [5.41, 5.74) is 0.751. The van der Waals surface area contributed by atoms with E-state index in [1.54, 1.807) is 25.3 Å². The van der Waals surface area contributed by atoms with Gasteiger partial charge in [0, 0.05) is 10.9 Å². The van der Waals surface area contributed by atoms with E-state index in [0.29, 0.717) is 16.8 Å². The predicted octanol–water partition coefficient (Wildman–Crippen LogP) is 4.52. The SMILES string of the molecule is COc1ccccc1Oc1c(F)cccc1CBr. The molecule has 0 atom stereocenters. The van der Waals surface area contributed by atoms with Crippen LogP contribution < -0.4 is 9.47 Å². The molecule has 0 amide bonds. The van der Waals surface area contributed by atoms with Crippen LogP contribution in [0.1, 0.15) is 5.56 Å². The molecule has 0 aliphatic rings. The quantitative estimate of drug-likeness (QED) is 0.773. The smallest absolute Gasteiger partial charge is 0.169 e. The number of para-hydroxylation sites is 3. The van der Waals surface area contributed by atoms with Gasteiger partial charge in [-0.2, -0.15) is 0 Å². The van der Waals surface area contributed by atoms with E-state index in [-0.39, 0.29) is 5.75 Å². The Morgan fingerprint density at radius 3 is 2.44 bits per heavy atom. The number of alkyl halides is 1. The minimum Gasteiger partial charge on any atom is -0.493 e. The molecular weight excluding hydrogens is 299 g/mol. The molecule has 0 spiro atoms. The van der Waals surface area contributed by atoms with E-state index in [1.165, 1.54) is 6.07 Å². The lowest BCUT2D eigenvalue weighted by Crippen LogP contribution is -1.95. The molecule has 0 bridgehead atoms. The topological polar surface area (TPSA) is 18.5 Å². The first-order chi connectivity index (χ1) is 8.76. The molecule has 0 radical (unpaired) electrons. The molecule has 4 heteroatoms. The first kappa shape index (κ1) is 12.9. The van der Waals surface area contributed by atoms with Crippen molar-refractivity contribution < 1.29 is 13.9 Å². The van der Waals surface area contributed by atoms with Crippen molar-refractivity contribution in [2.45, 2.75) is 5.33 Å². The van der Waals surface area contributed by atoms with Crippen molar-refractivity contribution in [3.05, 3.63) is 53.8 Å². The van der Waals surface area contributed by atoms with E-state index < -0.39 is 5.82 Å². The number of hydrogen-bond acceptors (Lipinski definition) is 2. The maximum absolute atomic E-state index is 13.8. The first-order valence-electron chi connectivity index (χ1n) is 5.40. The van der Waals surface area contributed by atoms with Crippen LogP contribution in [0.4, 0.5) is 4.39 Å². The van der Waals surface area contributed by atoms with Gasteiger partial charge in [0.1, 0.15) is 0 Å². The number of benzene rings is 2. The molecule has 0 saturated carbocycles. The molecular formula is C14H12BrFO2. The van der Waals surface area contributed by atoms with Crippen LogP contribution >= 0.6 is 15.9 Å². The van der Waals surface area contributed by atoms with Crippen LogP contribution in [0.3, 0.4) is 0 Å². The zero-order chi connectivity index (χ0) is 13.0. The number of halogens is 2. The van der Waals surface area contributed by atoms with Gasteiger partial charge >= 0.3 is 0 Å². The van der Waals surface area contributed by atoms with Gasteiger partial charge in [-0.3, -0.25) is 0 Å². The molecule has 2 rings (SSSR count). The summed E-state index contributed by atoms with van der Waals surface area (Å²) in [5, 5.41) is 0.523. The minimum atomic E-state index is -0.391. The average Bonchev–Trinajstić information content (AvgIpc) is 2.41. The summed E-state index contributed by atoms with van der Waals surface area (Å²) in [7, 11) is 1.55.